The van der Waals surface area contributed by atoms with E-state index < -0.39 is 5.60 Å². The third-order valence-corrected chi connectivity index (χ3v) is 4.40. The van der Waals surface area contributed by atoms with Gasteiger partial charge in [0.2, 0.25) is 0 Å². The van der Waals surface area contributed by atoms with E-state index >= 15 is 0 Å². The monoisotopic (exact) mass is 319 g/mol. The number of ether oxygens (including phenoxy) is 1. The van der Waals surface area contributed by atoms with E-state index in [-0.39, 0.29) is 11.8 Å². The standard InChI is InChI=1S/C17H25N3O3/c1-18-15(21)14-6-4-13(5-7-14)12-20(2)16(22)17(23-3)8-10-19-11-9-17/h4-7,19H,8-12H2,1-3H3,(H,18,21). The molecule has 0 aromatic heterocycles. The number of amides is 2. The summed E-state index contributed by atoms with van der Waals surface area (Å²) in [4.78, 5) is 26.0. The van der Waals surface area contributed by atoms with Gasteiger partial charge in [0.15, 0.2) is 0 Å². The molecule has 2 amide bonds. The van der Waals surface area contributed by atoms with Crippen LogP contribution in [0.2, 0.25) is 0 Å². The number of nitrogens with zero attached hydrogens (tertiary/aromatic N) is 1. The van der Waals surface area contributed by atoms with Crippen LogP contribution in [0.25, 0.3) is 0 Å². The Balaban J connectivity index is 2.04. The minimum absolute atomic E-state index is 0.0110. The average Bonchev–Trinajstić information content (AvgIpc) is 2.61. The van der Waals surface area contributed by atoms with Gasteiger partial charge in [-0.15, -0.1) is 0 Å². The van der Waals surface area contributed by atoms with E-state index in [9.17, 15) is 9.59 Å². The molecule has 0 saturated carbocycles. The Bertz CT molecular complexity index is 551. The fourth-order valence-electron chi connectivity index (χ4n) is 2.94. The number of piperidine rings is 1. The largest absolute Gasteiger partial charge is 0.368 e. The van der Waals surface area contributed by atoms with E-state index in [0.29, 0.717) is 24.9 Å². The van der Waals surface area contributed by atoms with Crippen LogP contribution in [0, 0.1) is 0 Å². The zero-order valence-electron chi connectivity index (χ0n) is 14.0. The lowest BCUT2D eigenvalue weighted by molar-refractivity contribution is -0.157. The smallest absolute Gasteiger partial charge is 0.254 e. The fraction of sp³-hybridized carbons (Fsp3) is 0.529. The molecular formula is C17H25N3O3. The van der Waals surface area contributed by atoms with Crippen LogP contribution in [0.3, 0.4) is 0 Å². The highest BCUT2D eigenvalue weighted by Gasteiger charge is 2.41. The van der Waals surface area contributed by atoms with Gasteiger partial charge in [-0.25, -0.2) is 0 Å². The summed E-state index contributed by atoms with van der Waals surface area (Å²) in [6.07, 6.45) is 1.37. The van der Waals surface area contributed by atoms with Gasteiger partial charge in [0, 0.05) is 33.3 Å². The predicted octanol–water partition coefficient (Wildman–Crippen LogP) is 0.773. The molecule has 0 atom stereocenters. The Hall–Kier alpha value is -1.92. The molecule has 1 aliphatic rings. The van der Waals surface area contributed by atoms with Crippen molar-refractivity contribution in [2.24, 2.45) is 0 Å². The zero-order valence-corrected chi connectivity index (χ0v) is 14.0. The number of hydrogen-bond donors (Lipinski definition) is 2. The molecule has 0 aliphatic carbocycles. The molecule has 2 rings (SSSR count). The number of carbonyl (C=O) groups is 2. The van der Waals surface area contributed by atoms with Crippen molar-refractivity contribution in [3.05, 3.63) is 35.4 Å². The van der Waals surface area contributed by atoms with E-state index in [2.05, 4.69) is 10.6 Å². The summed E-state index contributed by atoms with van der Waals surface area (Å²) in [5, 5.41) is 5.84. The summed E-state index contributed by atoms with van der Waals surface area (Å²) in [5.74, 6) is -0.106. The lowest BCUT2D eigenvalue weighted by atomic mass is 9.90. The zero-order chi connectivity index (χ0) is 16.9. The second-order valence-corrected chi connectivity index (χ2v) is 5.89. The Morgan fingerprint density at radius 1 is 1.26 bits per heavy atom. The number of carbonyl (C=O) groups excluding carboxylic acids is 2. The maximum Gasteiger partial charge on any atom is 0.254 e. The van der Waals surface area contributed by atoms with Crippen LogP contribution in [-0.2, 0) is 16.1 Å². The van der Waals surface area contributed by atoms with Gasteiger partial charge in [0.1, 0.15) is 5.60 Å². The van der Waals surface area contributed by atoms with Crippen molar-refractivity contribution in [3.63, 3.8) is 0 Å². The minimum atomic E-state index is -0.720. The Labute approximate surface area is 137 Å². The van der Waals surface area contributed by atoms with Crippen LogP contribution in [-0.4, -0.2) is 56.6 Å². The molecule has 1 aliphatic heterocycles. The van der Waals surface area contributed by atoms with Crippen molar-refractivity contribution < 1.29 is 14.3 Å². The SMILES string of the molecule is CNC(=O)c1ccc(CN(C)C(=O)C2(OC)CCNCC2)cc1. The molecule has 0 bridgehead atoms. The maximum absolute atomic E-state index is 12.8. The van der Waals surface area contributed by atoms with Gasteiger partial charge in [-0.2, -0.15) is 0 Å². The first-order valence-electron chi connectivity index (χ1n) is 7.85. The van der Waals surface area contributed by atoms with E-state index in [1.165, 1.54) is 0 Å². The van der Waals surface area contributed by atoms with Crippen molar-refractivity contribution in [3.8, 4) is 0 Å². The van der Waals surface area contributed by atoms with Crippen molar-refractivity contribution in [1.29, 1.82) is 0 Å². The first kappa shape index (κ1) is 17.4. The van der Waals surface area contributed by atoms with Gasteiger partial charge in [0.25, 0.3) is 11.8 Å². The van der Waals surface area contributed by atoms with Crippen LogP contribution in [0.15, 0.2) is 24.3 Å². The molecule has 6 nitrogen and oxygen atoms in total. The molecule has 1 fully saturated rings. The normalized spacial score (nSPS) is 16.7. The predicted molar refractivity (Wildman–Crippen MR) is 88.1 cm³/mol. The Morgan fingerprint density at radius 3 is 2.39 bits per heavy atom. The Kier molecular flexibility index (Phi) is 5.74. The average molecular weight is 319 g/mol. The van der Waals surface area contributed by atoms with Crippen LogP contribution >= 0.6 is 0 Å². The van der Waals surface area contributed by atoms with E-state index in [1.807, 2.05) is 12.1 Å². The van der Waals surface area contributed by atoms with Gasteiger partial charge >= 0.3 is 0 Å². The van der Waals surface area contributed by atoms with E-state index in [0.717, 1.165) is 18.7 Å². The summed E-state index contributed by atoms with van der Waals surface area (Å²) >= 11 is 0. The van der Waals surface area contributed by atoms with Crippen molar-refractivity contribution in [2.75, 3.05) is 34.3 Å². The first-order valence-corrected chi connectivity index (χ1v) is 7.85. The number of hydrogen-bond acceptors (Lipinski definition) is 4. The number of benzene rings is 1. The molecule has 1 heterocycles. The number of nitrogens with one attached hydrogen (secondary N) is 2. The third kappa shape index (κ3) is 3.89. The molecule has 0 radical (unpaired) electrons. The highest BCUT2D eigenvalue weighted by molar-refractivity contribution is 5.94. The van der Waals surface area contributed by atoms with Crippen molar-refractivity contribution in [2.45, 2.75) is 25.0 Å². The third-order valence-electron chi connectivity index (χ3n) is 4.40. The molecule has 126 valence electrons. The van der Waals surface area contributed by atoms with Gasteiger partial charge in [-0.3, -0.25) is 9.59 Å². The van der Waals surface area contributed by atoms with Crippen molar-refractivity contribution >= 4 is 11.8 Å². The second-order valence-electron chi connectivity index (χ2n) is 5.89. The molecule has 0 unspecified atom stereocenters. The van der Waals surface area contributed by atoms with Crippen LogP contribution in [0.4, 0.5) is 0 Å². The van der Waals surface area contributed by atoms with Gasteiger partial charge < -0.3 is 20.3 Å². The minimum Gasteiger partial charge on any atom is -0.368 e. The maximum atomic E-state index is 12.8. The molecule has 1 aromatic carbocycles. The van der Waals surface area contributed by atoms with E-state index in [4.69, 9.17) is 4.74 Å². The molecule has 6 heteroatoms. The van der Waals surface area contributed by atoms with Crippen molar-refractivity contribution in [1.82, 2.24) is 15.5 Å². The lowest BCUT2D eigenvalue weighted by Crippen LogP contribution is -2.54. The highest BCUT2D eigenvalue weighted by atomic mass is 16.5. The number of likely N-dealkylation sites (N-methyl/N-ethyl adjacent to an activating group) is 1. The van der Waals surface area contributed by atoms with Crippen LogP contribution in [0.1, 0.15) is 28.8 Å². The van der Waals surface area contributed by atoms with Gasteiger partial charge in [-0.1, -0.05) is 12.1 Å². The van der Waals surface area contributed by atoms with Gasteiger partial charge in [-0.05, 0) is 43.6 Å². The van der Waals surface area contributed by atoms with E-state index in [1.54, 1.807) is 38.2 Å². The highest BCUT2D eigenvalue weighted by Crippen LogP contribution is 2.25. The topological polar surface area (TPSA) is 70.7 Å². The summed E-state index contributed by atoms with van der Waals surface area (Å²) < 4.78 is 5.58. The molecular weight excluding hydrogens is 294 g/mol. The number of rotatable bonds is 5. The molecule has 0 spiro atoms. The lowest BCUT2D eigenvalue weighted by Gasteiger charge is -2.37. The second kappa shape index (κ2) is 7.57. The summed E-state index contributed by atoms with van der Waals surface area (Å²) in [5.41, 5.74) is 0.868. The van der Waals surface area contributed by atoms with Gasteiger partial charge in [0.05, 0.1) is 0 Å². The molecule has 23 heavy (non-hydrogen) atoms. The van der Waals surface area contributed by atoms with Crippen LogP contribution in [0.5, 0.6) is 0 Å². The Morgan fingerprint density at radius 2 is 1.87 bits per heavy atom. The van der Waals surface area contributed by atoms with Crippen LogP contribution < -0.4 is 10.6 Å². The molecule has 1 saturated heterocycles. The first-order chi connectivity index (χ1) is 11.0. The summed E-state index contributed by atoms with van der Waals surface area (Å²) in [6, 6.07) is 7.28. The quantitative estimate of drug-likeness (QED) is 0.841. The summed E-state index contributed by atoms with van der Waals surface area (Å²) in [6.45, 7) is 2.06. The summed E-state index contributed by atoms with van der Waals surface area (Å²) in [7, 11) is 5.00. The fourth-order valence-corrected chi connectivity index (χ4v) is 2.94. The molecule has 1 aromatic rings. The molecule has 2 N–H and O–H groups in total. The number of methoxy groups -OCH3 is 1.